The molecule has 27 heavy (non-hydrogen) atoms. The molecule has 0 aliphatic carbocycles. The predicted molar refractivity (Wildman–Crippen MR) is 105 cm³/mol. The van der Waals surface area contributed by atoms with Gasteiger partial charge in [0, 0.05) is 5.41 Å². The molecule has 1 N–H and O–H groups in total. The molecule has 3 atom stereocenters. The summed E-state index contributed by atoms with van der Waals surface area (Å²) in [6.07, 6.45) is 2.08. The molecule has 2 aliphatic heterocycles. The van der Waals surface area contributed by atoms with Crippen LogP contribution in [0.5, 0.6) is 0 Å². The van der Waals surface area contributed by atoms with E-state index in [1.165, 1.54) is 5.06 Å². The fourth-order valence-corrected chi connectivity index (χ4v) is 3.66. The molecule has 0 bridgehead atoms. The van der Waals surface area contributed by atoms with E-state index in [1.54, 1.807) is 0 Å². The van der Waals surface area contributed by atoms with E-state index >= 15 is 0 Å². The molecule has 160 valence electrons. The molecule has 0 aromatic heterocycles. The second-order valence-corrected chi connectivity index (χ2v) is 10.8. The van der Waals surface area contributed by atoms with Gasteiger partial charge in [0.2, 0.25) is 0 Å². The van der Waals surface area contributed by atoms with Gasteiger partial charge in [-0.3, -0.25) is 0 Å². The molecule has 2 aliphatic rings. The smallest absolute Gasteiger partial charge is 0.157 e. The van der Waals surface area contributed by atoms with Gasteiger partial charge in [-0.1, -0.05) is 13.8 Å². The summed E-state index contributed by atoms with van der Waals surface area (Å²) in [5.74, 6) is 0. The molecule has 0 spiro atoms. The highest BCUT2D eigenvalue weighted by Crippen LogP contribution is 2.32. The zero-order valence-corrected chi connectivity index (χ0v) is 18.6. The van der Waals surface area contributed by atoms with Crippen molar-refractivity contribution in [2.75, 3.05) is 19.8 Å². The standard InChI is InChI=1S/C21H41NO5/c1-19(2,3)26-16-12-22(23)15(18(16)27-20(4,5)6)10-9-11-17-24-13-21(7,8)14-25-17/h15-18,23H,9-14H2,1-8H3/t15-,16-,18-/m1/s1. The van der Waals surface area contributed by atoms with E-state index in [0.29, 0.717) is 6.54 Å². The lowest BCUT2D eigenvalue weighted by atomic mass is 9.95. The summed E-state index contributed by atoms with van der Waals surface area (Å²) in [5.41, 5.74) is -0.488. The lowest BCUT2D eigenvalue weighted by Crippen LogP contribution is -2.44. The van der Waals surface area contributed by atoms with Gasteiger partial charge in [-0.25, -0.2) is 0 Å². The summed E-state index contributed by atoms with van der Waals surface area (Å²) in [4.78, 5) is 0. The maximum Gasteiger partial charge on any atom is 0.157 e. The third-order valence-electron chi connectivity index (χ3n) is 4.75. The average molecular weight is 388 g/mol. The summed E-state index contributed by atoms with van der Waals surface area (Å²) in [6, 6.07) is -0.0865. The Bertz CT molecular complexity index is 458. The number of hydrogen-bond donors (Lipinski definition) is 1. The molecule has 2 fully saturated rings. The van der Waals surface area contributed by atoms with Gasteiger partial charge < -0.3 is 24.2 Å². The summed E-state index contributed by atoms with van der Waals surface area (Å²) >= 11 is 0. The highest BCUT2D eigenvalue weighted by atomic mass is 16.7. The van der Waals surface area contributed by atoms with Crippen LogP contribution in [0.2, 0.25) is 0 Å². The Morgan fingerprint density at radius 2 is 1.52 bits per heavy atom. The van der Waals surface area contributed by atoms with Crippen molar-refractivity contribution in [1.82, 2.24) is 5.06 Å². The largest absolute Gasteiger partial charge is 0.368 e. The molecule has 2 heterocycles. The minimum Gasteiger partial charge on any atom is -0.368 e. The van der Waals surface area contributed by atoms with E-state index in [9.17, 15) is 5.21 Å². The first-order chi connectivity index (χ1) is 12.3. The lowest BCUT2D eigenvalue weighted by molar-refractivity contribution is -0.225. The first-order valence-corrected chi connectivity index (χ1v) is 10.3. The maximum absolute atomic E-state index is 10.5. The van der Waals surface area contributed by atoms with Crippen molar-refractivity contribution in [1.29, 1.82) is 0 Å². The molecule has 2 rings (SSSR count). The Morgan fingerprint density at radius 1 is 0.963 bits per heavy atom. The minimum atomic E-state index is -0.297. The maximum atomic E-state index is 10.5. The van der Waals surface area contributed by atoms with Crippen LogP contribution >= 0.6 is 0 Å². The van der Waals surface area contributed by atoms with Crippen LogP contribution in [0.3, 0.4) is 0 Å². The van der Waals surface area contributed by atoms with Crippen molar-refractivity contribution in [3.63, 3.8) is 0 Å². The van der Waals surface area contributed by atoms with Gasteiger partial charge in [-0.15, -0.1) is 0 Å². The molecular formula is C21H41NO5. The molecule has 2 saturated heterocycles. The molecule has 0 saturated carbocycles. The summed E-state index contributed by atoms with van der Waals surface area (Å²) < 4.78 is 24.2. The van der Waals surface area contributed by atoms with Crippen molar-refractivity contribution >= 4 is 0 Å². The van der Waals surface area contributed by atoms with Crippen molar-refractivity contribution in [3.05, 3.63) is 0 Å². The van der Waals surface area contributed by atoms with E-state index in [1.807, 2.05) is 41.5 Å². The van der Waals surface area contributed by atoms with Crippen LogP contribution in [-0.2, 0) is 18.9 Å². The van der Waals surface area contributed by atoms with E-state index in [-0.39, 0.29) is 41.2 Å². The SMILES string of the molecule is CC1(C)COC(CCC[C@@H]2[C@@H](OC(C)(C)C)[C@H](OC(C)(C)C)CN2O)OC1. The topological polar surface area (TPSA) is 60.4 Å². The molecule has 0 unspecified atom stereocenters. The third kappa shape index (κ3) is 7.59. The lowest BCUT2D eigenvalue weighted by Gasteiger charge is -2.36. The second kappa shape index (κ2) is 8.64. The Morgan fingerprint density at radius 3 is 2.04 bits per heavy atom. The van der Waals surface area contributed by atoms with Crippen LogP contribution in [-0.4, -0.2) is 65.8 Å². The monoisotopic (exact) mass is 387 g/mol. The van der Waals surface area contributed by atoms with Crippen molar-refractivity contribution in [2.24, 2.45) is 5.41 Å². The van der Waals surface area contributed by atoms with Gasteiger partial charge in [-0.05, 0) is 60.8 Å². The molecular weight excluding hydrogens is 346 g/mol. The van der Waals surface area contributed by atoms with Crippen LogP contribution in [0.15, 0.2) is 0 Å². The number of hydroxylamine groups is 2. The number of ether oxygens (including phenoxy) is 4. The van der Waals surface area contributed by atoms with Gasteiger partial charge >= 0.3 is 0 Å². The highest BCUT2D eigenvalue weighted by molar-refractivity contribution is 4.94. The van der Waals surface area contributed by atoms with E-state index in [2.05, 4.69) is 13.8 Å². The molecule has 6 nitrogen and oxygen atoms in total. The molecule has 0 radical (unpaired) electrons. The van der Waals surface area contributed by atoms with Crippen molar-refractivity contribution in [2.45, 2.75) is 110 Å². The van der Waals surface area contributed by atoms with Gasteiger partial charge in [0.1, 0.15) is 12.2 Å². The molecule has 0 aromatic carbocycles. The van der Waals surface area contributed by atoms with Gasteiger partial charge in [-0.2, -0.15) is 5.06 Å². The van der Waals surface area contributed by atoms with Crippen LogP contribution in [0.4, 0.5) is 0 Å². The third-order valence-corrected chi connectivity index (χ3v) is 4.75. The molecule has 0 amide bonds. The van der Waals surface area contributed by atoms with E-state index < -0.39 is 0 Å². The Labute approximate surface area is 165 Å². The highest BCUT2D eigenvalue weighted by Gasteiger charge is 2.45. The first kappa shape index (κ1) is 23.0. The summed E-state index contributed by atoms with van der Waals surface area (Å²) in [7, 11) is 0. The van der Waals surface area contributed by atoms with Crippen LogP contribution in [0.1, 0.15) is 74.7 Å². The first-order valence-electron chi connectivity index (χ1n) is 10.3. The average Bonchev–Trinajstić information content (AvgIpc) is 2.73. The zero-order chi connectivity index (χ0) is 20.5. The quantitative estimate of drug-likeness (QED) is 0.743. The van der Waals surface area contributed by atoms with Crippen molar-refractivity contribution < 1.29 is 24.2 Å². The number of rotatable bonds is 6. The number of nitrogens with zero attached hydrogens (tertiary/aromatic N) is 1. The van der Waals surface area contributed by atoms with Crippen molar-refractivity contribution in [3.8, 4) is 0 Å². The predicted octanol–water partition coefficient (Wildman–Crippen LogP) is 4.00. The summed E-state index contributed by atoms with van der Waals surface area (Å²) in [5, 5.41) is 11.9. The molecule has 6 heteroatoms. The fourth-order valence-electron chi connectivity index (χ4n) is 3.66. The zero-order valence-electron chi connectivity index (χ0n) is 18.6. The Kier molecular flexibility index (Phi) is 7.37. The van der Waals surface area contributed by atoms with Crippen LogP contribution < -0.4 is 0 Å². The minimum absolute atomic E-state index is 0.0865. The van der Waals surface area contributed by atoms with Gasteiger partial charge in [0.15, 0.2) is 6.29 Å². The van der Waals surface area contributed by atoms with Gasteiger partial charge in [0.25, 0.3) is 0 Å². The van der Waals surface area contributed by atoms with E-state index in [0.717, 1.165) is 32.5 Å². The van der Waals surface area contributed by atoms with E-state index in [4.69, 9.17) is 18.9 Å². The molecule has 0 aromatic rings. The Balaban J connectivity index is 1.92. The normalized spacial score (nSPS) is 30.8. The van der Waals surface area contributed by atoms with Gasteiger partial charge in [0.05, 0.1) is 37.0 Å². The van der Waals surface area contributed by atoms with Crippen LogP contribution in [0.25, 0.3) is 0 Å². The van der Waals surface area contributed by atoms with Crippen LogP contribution in [0, 0.1) is 5.41 Å². The fraction of sp³-hybridized carbons (Fsp3) is 1.00. The second-order valence-electron chi connectivity index (χ2n) is 10.8. The summed E-state index contributed by atoms with van der Waals surface area (Å²) in [6.45, 7) is 18.5. The Hall–Kier alpha value is -0.240. The number of hydrogen-bond acceptors (Lipinski definition) is 6.